The molecule has 0 atom stereocenters. The summed E-state index contributed by atoms with van der Waals surface area (Å²) in [5.41, 5.74) is 0.739. The number of hydrogen-bond acceptors (Lipinski definition) is 5. The average molecular weight is 319 g/mol. The summed E-state index contributed by atoms with van der Waals surface area (Å²) in [5, 5.41) is 20.8. The van der Waals surface area contributed by atoms with Gasteiger partial charge in [0, 0.05) is 28.4 Å². The lowest BCUT2D eigenvalue weighted by atomic mass is 10.1. The number of nitro benzene ring substituents is 1. The Morgan fingerprint density at radius 2 is 1.95 bits per heavy atom. The fraction of sp³-hybridized carbons (Fsp3) is 0.0667. The number of phenolic OH excluding ortho intramolecular Hbond substituents is 1. The molecule has 2 aromatic carbocycles. The SMILES string of the molecule is CC(=O)c1ccc(N=Cc2cc(Cl)cc([N+](=O)[O-])c2O)cc1. The van der Waals surface area contributed by atoms with E-state index >= 15 is 0 Å². The number of aliphatic imine (C=N–C) groups is 1. The highest BCUT2D eigenvalue weighted by atomic mass is 35.5. The maximum absolute atomic E-state index is 11.2. The maximum atomic E-state index is 11.2. The van der Waals surface area contributed by atoms with E-state index in [1.807, 2.05) is 0 Å². The first-order valence-corrected chi connectivity index (χ1v) is 6.58. The second-order valence-corrected chi connectivity index (χ2v) is 4.92. The molecule has 0 aromatic heterocycles. The zero-order valence-corrected chi connectivity index (χ0v) is 12.2. The van der Waals surface area contributed by atoms with Gasteiger partial charge >= 0.3 is 5.69 Å². The Bertz CT molecular complexity index is 770. The van der Waals surface area contributed by atoms with Crippen LogP contribution in [0.2, 0.25) is 5.02 Å². The Morgan fingerprint density at radius 1 is 1.32 bits per heavy atom. The molecule has 7 heteroatoms. The number of benzene rings is 2. The number of carbonyl (C=O) groups excluding carboxylic acids is 1. The number of Topliss-reactive ketones (excluding diaryl/α,β-unsaturated/α-hetero) is 1. The number of phenols is 1. The summed E-state index contributed by atoms with van der Waals surface area (Å²) >= 11 is 5.79. The van der Waals surface area contributed by atoms with Crippen molar-refractivity contribution >= 4 is 35.0 Å². The molecule has 0 heterocycles. The number of nitro groups is 1. The Morgan fingerprint density at radius 3 is 2.50 bits per heavy atom. The molecule has 0 unspecified atom stereocenters. The van der Waals surface area contributed by atoms with E-state index in [1.54, 1.807) is 24.3 Å². The summed E-state index contributed by atoms with van der Waals surface area (Å²) in [6.45, 7) is 1.46. The van der Waals surface area contributed by atoms with Crippen LogP contribution in [-0.2, 0) is 0 Å². The zero-order chi connectivity index (χ0) is 16.3. The highest BCUT2D eigenvalue weighted by Gasteiger charge is 2.17. The smallest absolute Gasteiger partial charge is 0.312 e. The predicted molar refractivity (Wildman–Crippen MR) is 83.5 cm³/mol. The summed E-state index contributed by atoms with van der Waals surface area (Å²) in [7, 11) is 0. The van der Waals surface area contributed by atoms with Crippen molar-refractivity contribution in [3.05, 3.63) is 62.7 Å². The molecule has 2 rings (SSSR count). The topological polar surface area (TPSA) is 92.8 Å². The van der Waals surface area contributed by atoms with E-state index in [4.69, 9.17) is 11.6 Å². The third-order valence-corrected chi connectivity index (χ3v) is 3.13. The van der Waals surface area contributed by atoms with Gasteiger partial charge in [-0.25, -0.2) is 0 Å². The van der Waals surface area contributed by atoms with Crippen LogP contribution in [0, 0.1) is 10.1 Å². The van der Waals surface area contributed by atoms with E-state index in [2.05, 4.69) is 4.99 Å². The van der Waals surface area contributed by atoms with Gasteiger partial charge in [0.2, 0.25) is 5.75 Å². The molecule has 1 N–H and O–H groups in total. The summed E-state index contributed by atoms with van der Waals surface area (Å²) < 4.78 is 0. The Hall–Kier alpha value is -2.73. The highest BCUT2D eigenvalue weighted by molar-refractivity contribution is 6.31. The molecule has 0 bridgehead atoms. The summed E-state index contributed by atoms with van der Waals surface area (Å²) in [4.78, 5) is 25.4. The minimum absolute atomic E-state index is 0.0568. The van der Waals surface area contributed by atoms with Gasteiger partial charge < -0.3 is 5.11 Å². The minimum Gasteiger partial charge on any atom is -0.502 e. The van der Waals surface area contributed by atoms with E-state index in [9.17, 15) is 20.0 Å². The van der Waals surface area contributed by atoms with Crippen LogP contribution in [-0.4, -0.2) is 22.0 Å². The van der Waals surface area contributed by atoms with E-state index in [0.29, 0.717) is 11.3 Å². The number of halogens is 1. The monoisotopic (exact) mass is 318 g/mol. The van der Waals surface area contributed by atoms with Gasteiger partial charge in [-0.05, 0) is 37.3 Å². The number of aromatic hydroxyl groups is 1. The predicted octanol–water partition coefficient (Wildman–Crippen LogP) is 3.91. The van der Waals surface area contributed by atoms with Gasteiger partial charge in [-0.1, -0.05) is 11.6 Å². The lowest BCUT2D eigenvalue weighted by Crippen LogP contribution is -1.92. The first-order chi connectivity index (χ1) is 10.4. The first kappa shape index (κ1) is 15.7. The molecule has 22 heavy (non-hydrogen) atoms. The number of hydrogen-bond donors (Lipinski definition) is 1. The van der Waals surface area contributed by atoms with E-state index in [1.165, 1.54) is 19.2 Å². The van der Waals surface area contributed by atoms with Crippen LogP contribution in [0.25, 0.3) is 0 Å². The second-order valence-electron chi connectivity index (χ2n) is 4.48. The van der Waals surface area contributed by atoms with E-state index in [-0.39, 0.29) is 16.4 Å². The Balaban J connectivity index is 2.34. The molecule has 6 nitrogen and oxygen atoms in total. The fourth-order valence-corrected chi connectivity index (χ4v) is 1.99. The zero-order valence-electron chi connectivity index (χ0n) is 11.5. The minimum atomic E-state index is -0.722. The molecule has 2 aromatic rings. The Labute approximate surface area is 130 Å². The molecule has 0 amide bonds. The third-order valence-electron chi connectivity index (χ3n) is 2.91. The third kappa shape index (κ3) is 3.48. The van der Waals surface area contributed by atoms with Crippen molar-refractivity contribution in [2.24, 2.45) is 4.99 Å². The van der Waals surface area contributed by atoms with E-state index < -0.39 is 16.4 Å². The molecular weight excluding hydrogens is 308 g/mol. The second kappa shape index (κ2) is 6.36. The standard InChI is InChI=1S/C15H11ClN2O4/c1-9(19)10-2-4-13(5-3-10)17-8-11-6-12(16)7-14(15(11)20)18(21)22/h2-8,20H,1H3. The summed E-state index contributed by atoms with van der Waals surface area (Å²) in [6, 6.07) is 8.93. The molecule has 0 saturated heterocycles. The molecule has 0 spiro atoms. The van der Waals surface area contributed by atoms with Crippen LogP contribution >= 0.6 is 11.6 Å². The van der Waals surface area contributed by atoms with Crippen molar-refractivity contribution in [3.8, 4) is 5.75 Å². The lowest BCUT2D eigenvalue weighted by Gasteiger charge is -2.02. The molecule has 0 aliphatic heterocycles. The molecule has 0 saturated carbocycles. The molecule has 0 aliphatic rings. The van der Waals surface area contributed by atoms with Crippen LogP contribution in [0.1, 0.15) is 22.8 Å². The van der Waals surface area contributed by atoms with Crippen molar-refractivity contribution in [1.29, 1.82) is 0 Å². The first-order valence-electron chi connectivity index (χ1n) is 6.20. The molecule has 0 aliphatic carbocycles. The number of ketones is 1. The molecule has 0 fully saturated rings. The van der Waals surface area contributed by atoms with Crippen molar-refractivity contribution < 1.29 is 14.8 Å². The van der Waals surface area contributed by atoms with Crippen LogP contribution in [0.15, 0.2) is 41.4 Å². The summed E-state index contributed by atoms with van der Waals surface area (Å²) in [5.74, 6) is -0.558. The van der Waals surface area contributed by atoms with Crippen LogP contribution in [0.3, 0.4) is 0 Å². The van der Waals surface area contributed by atoms with Crippen molar-refractivity contribution in [2.45, 2.75) is 6.92 Å². The largest absolute Gasteiger partial charge is 0.502 e. The van der Waals surface area contributed by atoms with Crippen LogP contribution < -0.4 is 0 Å². The van der Waals surface area contributed by atoms with Crippen molar-refractivity contribution in [1.82, 2.24) is 0 Å². The van der Waals surface area contributed by atoms with Gasteiger partial charge in [-0.2, -0.15) is 0 Å². The van der Waals surface area contributed by atoms with Gasteiger partial charge in [0.15, 0.2) is 5.78 Å². The number of rotatable bonds is 4. The average Bonchev–Trinajstić information content (AvgIpc) is 2.47. The molecule has 0 radical (unpaired) electrons. The molecule has 112 valence electrons. The van der Waals surface area contributed by atoms with Gasteiger partial charge in [0.25, 0.3) is 0 Å². The van der Waals surface area contributed by atoms with Crippen LogP contribution in [0.5, 0.6) is 5.75 Å². The van der Waals surface area contributed by atoms with Crippen molar-refractivity contribution in [3.63, 3.8) is 0 Å². The summed E-state index contributed by atoms with van der Waals surface area (Å²) in [6.07, 6.45) is 1.27. The normalized spacial score (nSPS) is 10.8. The quantitative estimate of drug-likeness (QED) is 0.400. The number of nitrogens with zero attached hydrogens (tertiary/aromatic N) is 2. The van der Waals surface area contributed by atoms with Crippen LogP contribution in [0.4, 0.5) is 11.4 Å². The lowest BCUT2D eigenvalue weighted by molar-refractivity contribution is -0.385. The Kier molecular flexibility index (Phi) is 4.53. The van der Waals surface area contributed by atoms with Gasteiger partial charge in [-0.3, -0.25) is 19.9 Å². The molecular formula is C15H11ClN2O4. The fourth-order valence-electron chi connectivity index (χ4n) is 1.77. The van der Waals surface area contributed by atoms with Crippen molar-refractivity contribution in [2.75, 3.05) is 0 Å². The van der Waals surface area contributed by atoms with Gasteiger partial charge in [0.05, 0.1) is 10.6 Å². The van der Waals surface area contributed by atoms with Gasteiger partial charge in [0.1, 0.15) is 0 Å². The maximum Gasteiger partial charge on any atom is 0.312 e. The van der Waals surface area contributed by atoms with E-state index in [0.717, 1.165) is 6.07 Å². The highest BCUT2D eigenvalue weighted by Crippen LogP contribution is 2.32. The number of carbonyl (C=O) groups is 1. The van der Waals surface area contributed by atoms with Gasteiger partial charge in [-0.15, -0.1) is 0 Å².